The zero-order valence-corrected chi connectivity index (χ0v) is 12.5. The molecule has 0 aliphatic rings. The van der Waals surface area contributed by atoms with Gasteiger partial charge in [-0.2, -0.15) is 0 Å². The molecule has 0 saturated heterocycles. The molecule has 0 aliphatic carbocycles. The second-order valence-electron chi connectivity index (χ2n) is 4.11. The van der Waals surface area contributed by atoms with Crippen molar-refractivity contribution >= 4 is 49.1 Å². The molecule has 3 aromatic rings. The van der Waals surface area contributed by atoms with Crippen LogP contribution in [0, 0.1) is 5.82 Å². The summed E-state index contributed by atoms with van der Waals surface area (Å²) >= 11 is 4.63. The van der Waals surface area contributed by atoms with Gasteiger partial charge in [-0.05, 0) is 36.4 Å². The molecule has 0 saturated carbocycles. The van der Waals surface area contributed by atoms with Crippen molar-refractivity contribution in [2.45, 2.75) is 0 Å². The first kappa shape index (κ1) is 13.2. The average molecular weight is 351 g/mol. The molecule has 20 heavy (non-hydrogen) atoms. The predicted octanol–water partition coefficient (Wildman–Crippen LogP) is 4.45. The number of rotatable bonds is 2. The molecular formula is C14H8BrFN2OS. The highest BCUT2D eigenvalue weighted by Gasteiger charge is 2.10. The number of thiazole rings is 1. The summed E-state index contributed by atoms with van der Waals surface area (Å²) in [6.07, 6.45) is 0. The number of carbonyl (C=O) groups is 1. The van der Waals surface area contributed by atoms with E-state index >= 15 is 0 Å². The van der Waals surface area contributed by atoms with Crippen molar-refractivity contribution in [1.29, 1.82) is 0 Å². The number of aromatic nitrogens is 1. The van der Waals surface area contributed by atoms with E-state index in [0.29, 0.717) is 10.0 Å². The second-order valence-corrected chi connectivity index (χ2v) is 5.92. The van der Waals surface area contributed by atoms with Crippen molar-refractivity contribution in [3.8, 4) is 0 Å². The third-order valence-electron chi connectivity index (χ3n) is 2.77. The van der Waals surface area contributed by atoms with Gasteiger partial charge in [0.25, 0.3) is 5.91 Å². The minimum Gasteiger partial charge on any atom is -0.319 e. The van der Waals surface area contributed by atoms with Gasteiger partial charge in [0.05, 0.1) is 21.4 Å². The summed E-state index contributed by atoms with van der Waals surface area (Å²) in [6.45, 7) is 0. The van der Waals surface area contributed by atoms with Crippen molar-refractivity contribution in [3.05, 3.63) is 57.8 Å². The lowest BCUT2D eigenvalue weighted by atomic mass is 10.2. The Labute approximate surface area is 126 Å². The molecule has 2 aromatic carbocycles. The van der Waals surface area contributed by atoms with Gasteiger partial charge in [-0.15, -0.1) is 11.3 Å². The molecule has 0 radical (unpaired) electrons. The molecule has 0 bridgehead atoms. The van der Waals surface area contributed by atoms with Gasteiger partial charge in [-0.25, -0.2) is 9.37 Å². The lowest BCUT2D eigenvalue weighted by Gasteiger charge is -2.06. The molecule has 6 heteroatoms. The molecule has 0 atom stereocenters. The highest BCUT2D eigenvalue weighted by atomic mass is 79.9. The maximum atomic E-state index is 13.7. The summed E-state index contributed by atoms with van der Waals surface area (Å²) < 4.78 is 15.2. The number of benzene rings is 2. The van der Waals surface area contributed by atoms with E-state index < -0.39 is 5.82 Å². The van der Waals surface area contributed by atoms with Crippen LogP contribution in [0.25, 0.3) is 10.2 Å². The van der Waals surface area contributed by atoms with Crippen LogP contribution in [-0.4, -0.2) is 10.9 Å². The predicted molar refractivity (Wildman–Crippen MR) is 81.7 cm³/mol. The molecule has 1 amide bonds. The minimum absolute atomic E-state index is 0.155. The number of halogens is 2. The van der Waals surface area contributed by atoms with Crippen molar-refractivity contribution < 1.29 is 9.18 Å². The van der Waals surface area contributed by atoms with Crippen molar-refractivity contribution in [2.24, 2.45) is 0 Å². The Morgan fingerprint density at radius 2 is 2.10 bits per heavy atom. The fraction of sp³-hybridized carbons (Fsp3) is 0. The normalized spacial score (nSPS) is 10.7. The molecule has 100 valence electrons. The van der Waals surface area contributed by atoms with Crippen molar-refractivity contribution in [3.63, 3.8) is 0 Å². The van der Waals surface area contributed by atoms with Crippen molar-refractivity contribution in [1.82, 2.24) is 4.98 Å². The number of carbonyl (C=O) groups excluding carboxylic acids is 1. The topological polar surface area (TPSA) is 42.0 Å². The van der Waals surface area contributed by atoms with E-state index in [1.54, 1.807) is 29.8 Å². The van der Waals surface area contributed by atoms with E-state index in [1.165, 1.54) is 23.5 Å². The smallest absolute Gasteiger partial charge is 0.255 e. The Morgan fingerprint density at radius 3 is 2.90 bits per heavy atom. The standard InChI is InChI=1S/C14H8BrFN2OS/c15-9-2-4-11(10(16)6-9)18-14(19)8-1-3-12-13(5-8)20-7-17-12/h1-7H,(H,18,19). The average Bonchev–Trinajstić information content (AvgIpc) is 2.89. The van der Waals surface area contributed by atoms with Crippen LogP contribution in [0.5, 0.6) is 0 Å². The van der Waals surface area contributed by atoms with Crippen LogP contribution >= 0.6 is 27.3 Å². The number of hydrogen-bond acceptors (Lipinski definition) is 3. The third kappa shape index (κ3) is 2.57. The minimum atomic E-state index is -0.480. The first-order chi connectivity index (χ1) is 9.63. The summed E-state index contributed by atoms with van der Waals surface area (Å²) in [7, 11) is 0. The van der Waals surface area contributed by atoms with Gasteiger partial charge < -0.3 is 5.32 Å². The van der Waals surface area contributed by atoms with Crippen LogP contribution in [0.3, 0.4) is 0 Å². The van der Waals surface area contributed by atoms with Gasteiger partial charge in [0.2, 0.25) is 0 Å². The first-order valence-electron chi connectivity index (χ1n) is 5.73. The number of nitrogens with zero attached hydrogens (tertiary/aromatic N) is 1. The van der Waals surface area contributed by atoms with Gasteiger partial charge >= 0.3 is 0 Å². The van der Waals surface area contributed by atoms with Crippen LogP contribution in [-0.2, 0) is 0 Å². The number of hydrogen-bond donors (Lipinski definition) is 1. The molecule has 0 spiro atoms. The molecule has 0 unspecified atom stereocenters. The fourth-order valence-corrected chi connectivity index (χ4v) is 2.83. The van der Waals surface area contributed by atoms with Crippen LogP contribution in [0.15, 0.2) is 46.4 Å². The van der Waals surface area contributed by atoms with Gasteiger partial charge in [0.15, 0.2) is 0 Å². The van der Waals surface area contributed by atoms with E-state index in [0.717, 1.165) is 10.2 Å². The summed E-state index contributed by atoms with van der Waals surface area (Å²) in [5.74, 6) is -0.826. The molecular weight excluding hydrogens is 343 g/mol. The van der Waals surface area contributed by atoms with E-state index in [9.17, 15) is 9.18 Å². The van der Waals surface area contributed by atoms with Crippen molar-refractivity contribution in [2.75, 3.05) is 5.32 Å². The monoisotopic (exact) mass is 350 g/mol. The van der Waals surface area contributed by atoms with Crippen LogP contribution in [0.2, 0.25) is 0 Å². The summed E-state index contributed by atoms with van der Waals surface area (Å²) in [4.78, 5) is 16.3. The van der Waals surface area contributed by atoms with Gasteiger partial charge in [0, 0.05) is 10.0 Å². The summed E-state index contributed by atoms with van der Waals surface area (Å²) in [5.41, 5.74) is 3.20. The number of amides is 1. The van der Waals surface area contributed by atoms with Gasteiger partial charge in [0.1, 0.15) is 5.82 Å². The summed E-state index contributed by atoms with van der Waals surface area (Å²) in [5, 5.41) is 2.56. The molecule has 1 aromatic heterocycles. The summed E-state index contributed by atoms with van der Waals surface area (Å²) in [6, 6.07) is 9.70. The molecule has 1 N–H and O–H groups in total. The molecule has 0 fully saturated rings. The maximum Gasteiger partial charge on any atom is 0.255 e. The largest absolute Gasteiger partial charge is 0.319 e. The highest BCUT2D eigenvalue weighted by molar-refractivity contribution is 9.10. The zero-order chi connectivity index (χ0) is 14.1. The Balaban J connectivity index is 1.88. The van der Waals surface area contributed by atoms with Gasteiger partial charge in [-0.3, -0.25) is 4.79 Å². The van der Waals surface area contributed by atoms with E-state index in [1.807, 2.05) is 0 Å². The number of fused-ring (bicyclic) bond motifs is 1. The Morgan fingerprint density at radius 1 is 1.25 bits per heavy atom. The molecule has 1 heterocycles. The molecule has 0 aliphatic heterocycles. The highest BCUT2D eigenvalue weighted by Crippen LogP contribution is 2.22. The van der Waals surface area contributed by atoms with E-state index in [-0.39, 0.29) is 11.6 Å². The number of anilines is 1. The Kier molecular flexibility index (Phi) is 3.50. The molecule has 3 nitrogen and oxygen atoms in total. The third-order valence-corrected chi connectivity index (χ3v) is 4.06. The fourth-order valence-electron chi connectivity index (χ4n) is 1.78. The maximum absolute atomic E-state index is 13.7. The Bertz CT molecular complexity index is 803. The SMILES string of the molecule is O=C(Nc1ccc(Br)cc1F)c1ccc2ncsc2c1. The Hall–Kier alpha value is -1.79. The quantitative estimate of drug-likeness (QED) is 0.741. The molecule has 3 rings (SSSR count). The van der Waals surface area contributed by atoms with E-state index in [4.69, 9.17) is 0 Å². The van der Waals surface area contributed by atoms with Crippen LogP contribution < -0.4 is 5.32 Å². The van der Waals surface area contributed by atoms with Crippen LogP contribution in [0.4, 0.5) is 10.1 Å². The zero-order valence-electron chi connectivity index (χ0n) is 10.1. The van der Waals surface area contributed by atoms with Crippen LogP contribution in [0.1, 0.15) is 10.4 Å². The number of nitrogens with one attached hydrogen (secondary N) is 1. The lowest BCUT2D eigenvalue weighted by molar-refractivity contribution is 0.102. The lowest BCUT2D eigenvalue weighted by Crippen LogP contribution is -2.12. The first-order valence-corrected chi connectivity index (χ1v) is 7.40. The second kappa shape index (κ2) is 5.30. The van der Waals surface area contributed by atoms with E-state index in [2.05, 4.69) is 26.2 Å². The van der Waals surface area contributed by atoms with Gasteiger partial charge in [-0.1, -0.05) is 15.9 Å².